The van der Waals surface area contributed by atoms with Gasteiger partial charge in [-0.3, -0.25) is 9.59 Å². The van der Waals surface area contributed by atoms with Crippen LogP contribution >= 0.6 is 0 Å². The zero-order chi connectivity index (χ0) is 14.4. The molecule has 6 nitrogen and oxygen atoms in total. The van der Waals surface area contributed by atoms with Crippen molar-refractivity contribution in [3.63, 3.8) is 0 Å². The number of carbonyl (C=O) groups is 2. The van der Waals surface area contributed by atoms with E-state index in [1.165, 1.54) is 7.11 Å². The molecule has 2 N–H and O–H groups in total. The zero-order valence-electron chi connectivity index (χ0n) is 12.2. The standard InChI is InChI=1S/C14H25N3O3/c1-20-10-13(18)16-12-4-7-17(8-5-12)14(19)11-3-2-6-15-9-11/h11-12,15H,2-10H2,1H3,(H,16,18). The maximum Gasteiger partial charge on any atom is 0.246 e. The van der Waals surface area contributed by atoms with Crippen LogP contribution < -0.4 is 10.6 Å². The van der Waals surface area contributed by atoms with Crippen molar-refractivity contribution in [1.29, 1.82) is 0 Å². The van der Waals surface area contributed by atoms with Gasteiger partial charge in [0.15, 0.2) is 0 Å². The minimum atomic E-state index is -0.0752. The first-order valence-corrected chi connectivity index (χ1v) is 7.48. The summed E-state index contributed by atoms with van der Waals surface area (Å²) in [7, 11) is 1.51. The van der Waals surface area contributed by atoms with E-state index in [0.29, 0.717) is 0 Å². The average molecular weight is 283 g/mol. The second-order valence-electron chi connectivity index (χ2n) is 5.64. The van der Waals surface area contributed by atoms with Gasteiger partial charge in [-0.1, -0.05) is 0 Å². The highest BCUT2D eigenvalue weighted by atomic mass is 16.5. The van der Waals surface area contributed by atoms with Gasteiger partial charge in [-0.25, -0.2) is 0 Å². The highest BCUT2D eigenvalue weighted by Crippen LogP contribution is 2.17. The fourth-order valence-electron chi connectivity index (χ4n) is 2.97. The van der Waals surface area contributed by atoms with Gasteiger partial charge in [0.2, 0.25) is 11.8 Å². The first-order valence-electron chi connectivity index (χ1n) is 7.48. The molecule has 0 spiro atoms. The van der Waals surface area contributed by atoms with E-state index in [-0.39, 0.29) is 30.4 Å². The molecule has 2 rings (SSSR count). The maximum absolute atomic E-state index is 12.4. The number of ether oxygens (including phenoxy) is 1. The highest BCUT2D eigenvalue weighted by Gasteiger charge is 2.29. The number of carbonyl (C=O) groups excluding carboxylic acids is 2. The van der Waals surface area contributed by atoms with E-state index in [9.17, 15) is 9.59 Å². The third kappa shape index (κ3) is 4.18. The van der Waals surface area contributed by atoms with Crippen molar-refractivity contribution >= 4 is 11.8 Å². The lowest BCUT2D eigenvalue weighted by Gasteiger charge is -2.35. The summed E-state index contributed by atoms with van der Waals surface area (Å²) >= 11 is 0. The molecule has 2 saturated heterocycles. The Morgan fingerprint density at radius 2 is 2.05 bits per heavy atom. The largest absolute Gasteiger partial charge is 0.375 e. The Balaban J connectivity index is 1.73. The quantitative estimate of drug-likeness (QED) is 0.746. The van der Waals surface area contributed by atoms with E-state index in [4.69, 9.17) is 4.74 Å². The van der Waals surface area contributed by atoms with Crippen LogP contribution in [0.5, 0.6) is 0 Å². The van der Waals surface area contributed by atoms with E-state index in [1.807, 2.05) is 4.90 Å². The second kappa shape index (κ2) is 7.59. The van der Waals surface area contributed by atoms with E-state index in [0.717, 1.165) is 51.9 Å². The zero-order valence-corrected chi connectivity index (χ0v) is 12.2. The van der Waals surface area contributed by atoms with Gasteiger partial charge in [0.05, 0.1) is 5.92 Å². The van der Waals surface area contributed by atoms with Crippen LogP contribution in [0.1, 0.15) is 25.7 Å². The molecule has 6 heteroatoms. The van der Waals surface area contributed by atoms with Gasteiger partial charge in [0.1, 0.15) is 6.61 Å². The summed E-state index contributed by atoms with van der Waals surface area (Å²) in [5, 5.41) is 6.23. The molecule has 2 aliphatic heterocycles. The van der Waals surface area contributed by atoms with Crippen LogP contribution in [0.15, 0.2) is 0 Å². The van der Waals surface area contributed by atoms with Crippen molar-refractivity contribution in [2.75, 3.05) is 39.9 Å². The fourth-order valence-corrected chi connectivity index (χ4v) is 2.97. The predicted molar refractivity (Wildman–Crippen MR) is 75.2 cm³/mol. The van der Waals surface area contributed by atoms with Crippen LogP contribution in [0.2, 0.25) is 0 Å². The Labute approximate surface area is 120 Å². The lowest BCUT2D eigenvalue weighted by atomic mass is 9.96. The van der Waals surface area contributed by atoms with Gasteiger partial charge >= 0.3 is 0 Å². The van der Waals surface area contributed by atoms with Gasteiger partial charge in [-0.15, -0.1) is 0 Å². The Morgan fingerprint density at radius 3 is 2.65 bits per heavy atom. The third-order valence-electron chi connectivity index (χ3n) is 4.09. The molecule has 0 aromatic heterocycles. The van der Waals surface area contributed by atoms with Gasteiger partial charge in [-0.05, 0) is 32.2 Å². The summed E-state index contributed by atoms with van der Waals surface area (Å²) in [6.45, 7) is 3.42. The van der Waals surface area contributed by atoms with Crippen LogP contribution in [-0.4, -0.2) is 62.7 Å². The summed E-state index contributed by atoms with van der Waals surface area (Å²) in [6.07, 6.45) is 3.75. The molecule has 1 atom stereocenters. The van der Waals surface area contributed by atoms with E-state index in [1.54, 1.807) is 0 Å². The van der Waals surface area contributed by atoms with Crippen molar-refractivity contribution in [3.8, 4) is 0 Å². The van der Waals surface area contributed by atoms with Crippen LogP contribution in [0.4, 0.5) is 0 Å². The van der Waals surface area contributed by atoms with Gasteiger partial charge in [0.25, 0.3) is 0 Å². The molecule has 0 saturated carbocycles. The van der Waals surface area contributed by atoms with Gasteiger partial charge in [0, 0.05) is 32.8 Å². The van der Waals surface area contributed by atoms with Gasteiger partial charge in [-0.2, -0.15) is 0 Å². The van der Waals surface area contributed by atoms with Crippen LogP contribution in [0.3, 0.4) is 0 Å². The van der Waals surface area contributed by atoms with Crippen LogP contribution in [0, 0.1) is 5.92 Å². The first kappa shape index (κ1) is 15.3. The summed E-state index contributed by atoms with van der Waals surface area (Å²) < 4.78 is 4.80. The maximum atomic E-state index is 12.4. The molecule has 1 unspecified atom stereocenters. The Morgan fingerprint density at radius 1 is 1.30 bits per heavy atom. The van der Waals surface area contributed by atoms with E-state index >= 15 is 0 Å². The first-order chi connectivity index (χ1) is 9.70. The summed E-state index contributed by atoms with van der Waals surface area (Å²) in [5.74, 6) is 0.344. The molecule has 114 valence electrons. The number of nitrogens with zero attached hydrogens (tertiary/aromatic N) is 1. The minimum absolute atomic E-state index is 0.0752. The SMILES string of the molecule is COCC(=O)NC1CCN(C(=O)C2CCCNC2)CC1. The highest BCUT2D eigenvalue weighted by molar-refractivity contribution is 5.79. The van der Waals surface area contributed by atoms with Crippen LogP contribution in [-0.2, 0) is 14.3 Å². The molecule has 0 bridgehead atoms. The summed E-state index contributed by atoms with van der Waals surface area (Å²) in [6, 6.07) is 0.172. The van der Waals surface area contributed by atoms with Crippen molar-refractivity contribution in [3.05, 3.63) is 0 Å². The number of amides is 2. The summed E-state index contributed by atoms with van der Waals surface area (Å²) in [5.41, 5.74) is 0. The number of piperidine rings is 2. The Kier molecular flexibility index (Phi) is 5.79. The minimum Gasteiger partial charge on any atom is -0.375 e. The van der Waals surface area contributed by atoms with Crippen molar-refractivity contribution < 1.29 is 14.3 Å². The normalized spacial score (nSPS) is 24.4. The van der Waals surface area contributed by atoms with E-state index in [2.05, 4.69) is 10.6 Å². The molecule has 2 aliphatic rings. The number of hydrogen-bond donors (Lipinski definition) is 2. The summed E-state index contributed by atoms with van der Waals surface area (Å²) in [4.78, 5) is 25.8. The molecular formula is C14H25N3O3. The molecular weight excluding hydrogens is 258 g/mol. The second-order valence-corrected chi connectivity index (χ2v) is 5.64. The molecule has 0 aromatic carbocycles. The molecule has 2 amide bonds. The van der Waals surface area contributed by atoms with Crippen LogP contribution in [0.25, 0.3) is 0 Å². The Bertz CT molecular complexity index is 335. The fraction of sp³-hybridized carbons (Fsp3) is 0.857. The van der Waals surface area contributed by atoms with Crippen molar-refractivity contribution in [2.45, 2.75) is 31.7 Å². The third-order valence-corrected chi connectivity index (χ3v) is 4.09. The van der Waals surface area contributed by atoms with Crippen molar-refractivity contribution in [2.24, 2.45) is 5.92 Å². The molecule has 0 aliphatic carbocycles. The molecule has 2 fully saturated rings. The lowest BCUT2D eigenvalue weighted by molar-refractivity contribution is -0.137. The predicted octanol–water partition coefficient (Wildman–Crippen LogP) is -0.260. The smallest absolute Gasteiger partial charge is 0.246 e. The molecule has 0 radical (unpaired) electrons. The topological polar surface area (TPSA) is 70.7 Å². The number of rotatable bonds is 4. The van der Waals surface area contributed by atoms with Crippen molar-refractivity contribution in [1.82, 2.24) is 15.5 Å². The Hall–Kier alpha value is -1.14. The number of nitrogens with one attached hydrogen (secondary N) is 2. The number of hydrogen-bond acceptors (Lipinski definition) is 4. The molecule has 2 heterocycles. The van der Waals surface area contributed by atoms with E-state index < -0.39 is 0 Å². The molecule has 20 heavy (non-hydrogen) atoms. The molecule has 0 aromatic rings. The lowest BCUT2D eigenvalue weighted by Crippen LogP contribution is -2.50. The van der Waals surface area contributed by atoms with Gasteiger partial charge < -0.3 is 20.3 Å². The number of likely N-dealkylation sites (tertiary alicyclic amines) is 1. The monoisotopic (exact) mass is 283 g/mol. The number of methoxy groups -OCH3 is 1. The average Bonchev–Trinajstić information content (AvgIpc) is 2.48.